The number of aryl methyl sites for hydroxylation is 2. The molecule has 0 aliphatic rings. The van der Waals surface area contributed by atoms with Crippen molar-refractivity contribution in [3.05, 3.63) is 23.8 Å². The maximum Gasteiger partial charge on any atom is 0.265 e. The summed E-state index contributed by atoms with van der Waals surface area (Å²) in [6, 6.07) is 0. The third kappa shape index (κ3) is 2.43. The van der Waals surface area contributed by atoms with Crippen LogP contribution in [0.5, 0.6) is 0 Å². The van der Waals surface area contributed by atoms with E-state index in [1.165, 1.54) is 12.4 Å². The van der Waals surface area contributed by atoms with Crippen molar-refractivity contribution in [2.75, 3.05) is 4.72 Å². The first-order valence-electron chi connectivity index (χ1n) is 6.48. The third-order valence-corrected chi connectivity index (χ3v) is 4.76. The molecule has 0 aromatic carbocycles. The van der Waals surface area contributed by atoms with Gasteiger partial charge in [-0.3, -0.25) is 14.1 Å². The number of aromatic nitrogens is 4. The zero-order valence-corrected chi connectivity index (χ0v) is 12.9. The third-order valence-electron chi connectivity index (χ3n) is 3.29. The Labute approximate surface area is 118 Å². The molecule has 8 heteroatoms. The Morgan fingerprint density at radius 1 is 1.05 bits per heavy atom. The molecule has 20 heavy (non-hydrogen) atoms. The summed E-state index contributed by atoms with van der Waals surface area (Å²) in [5.41, 5.74) is 1.91. The van der Waals surface area contributed by atoms with Gasteiger partial charge in [-0.1, -0.05) is 0 Å². The lowest BCUT2D eigenvalue weighted by Gasteiger charge is -2.07. The van der Waals surface area contributed by atoms with Gasteiger partial charge in [0.05, 0.1) is 29.5 Å². The van der Waals surface area contributed by atoms with Crippen molar-refractivity contribution < 1.29 is 8.42 Å². The Morgan fingerprint density at radius 3 is 2.10 bits per heavy atom. The predicted octanol–water partition coefficient (Wildman–Crippen LogP) is 1.54. The van der Waals surface area contributed by atoms with Crippen LogP contribution >= 0.6 is 0 Å². The second kappa shape index (κ2) is 5.28. The molecular weight excluding hydrogens is 278 g/mol. The van der Waals surface area contributed by atoms with Crippen LogP contribution in [-0.2, 0) is 23.1 Å². The van der Waals surface area contributed by atoms with Gasteiger partial charge in [-0.05, 0) is 27.7 Å². The van der Waals surface area contributed by atoms with Crippen molar-refractivity contribution in [1.82, 2.24) is 19.6 Å². The summed E-state index contributed by atoms with van der Waals surface area (Å²) in [4.78, 5) is 0.197. The van der Waals surface area contributed by atoms with Gasteiger partial charge in [-0.15, -0.1) is 0 Å². The van der Waals surface area contributed by atoms with E-state index in [0.29, 0.717) is 24.5 Å². The molecule has 1 N–H and O–H groups in total. The molecule has 2 aromatic rings. The van der Waals surface area contributed by atoms with Crippen molar-refractivity contribution in [3.63, 3.8) is 0 Å². The van der Waals surface area contributed by atoms with Gasteiger partial charge in [0.2, 0.25) is 0 Å². The molecule has 0 fully saturated rings. The standard InChI is InChI=1S/C12H19N5O2S/c1-5-16-9(3)11(7-13-16)15-20(18,19)12-8-14-17(6-2)10(12)4/h7-8,15H,5-6H2,1-4H3. The van der Waals surface area contributed by atoms with Gasteiger partial charge in [0.1, 0.15) is 4.90 Å². The molecule has 0 aliphatic heterocycles. The summed E-state index contributed by atoms with van der Waals surface area (Å²) in [5, 5.41) is 8.19. The Morgan fingerprint density at radius 2 is 1.60 bits per heavy atom. The highest BCUT2D eigenvalue weighted by atomic mass is 32.2. The van der Waals surface area contributed by atoms with E-state index in [-0.39, 0.29) is 4.90 Å². The summed E-state index contributed by atoms with van der Waals surface area (Å²) < 4.78 is 30.8. The maximum atomic E-state index is 12.4. The van der Waals surface area contributed by atoms with Crippen LogP contribution in [0.2, 0.25) is 0 Å². The van der Waals surface area contributed by atoms with Crippen molar-refractivity contribution in [2.24, 2.45) is 0 Å². The number of rotatable bonds is 5. The van der Waals surface area contributed by atoms with Gasteiger partial charge in [-0.2, -0.15) is 10.2 Å². The molecule has 0 amide bonds. The van der Waals surface area contributed by atoms with Crippen molar-refractivity contribution >= 4 is 15.7 Å². The molecule has 0 unspecified atom stereocenters. The van der Waals surface area contributed by atoms with Crippen LogP contribution in [0, 0.1) is 13.8 Å². The van der Waals surface area contributed by atoms with E-state index in [2.05, 4.69) is 14.9 Å². The average Bonchev–Trinajstić information content (AvgIpc) is 2.94. The molecule has 0 aliphatic carbocycles. The first kappa shape index (κ1) is 14.6. The summed E-state index contributed by atoms with van der Waals surface area (Å²) in [7, 11) is -3.64. The van der Waals surface area contributed by atoms with Crippen LogP contribution in [-0.4, -0.2) is 28.0 Å². The zero-order valence-electron chi connectivity index (χ0n) is 12.1. The molecule has 0 bridgehead atoms. The molecule has 0 saturated carbocycles. The lowest BCUT2D eigenvalue weighted by molar-refractivity contribution is 0.598. The van der Waals surface area contributed by atoms with Gasteiger partial charge in [0, 0.05) is 13.1 Å². The fourth-order valence-electron chi connectivity index (χ4n) is 2.08. The second-order valence-electron chi connectivity index (χ2n) is 4.47. The van der Waals surface area contributed by atoms with Crippen molar-refractivity contribution in [2.45, 2.75) is 45.7 Å². The SMILES string of the molecule is CCn1ncc(NS(=O)(=O)c2cnn(CC)c2C)c1C. The minimum Gasteiger partial charge on any atom is -0.276 e. The average molecular weight is 297 g/mol. The Balaban J connectivity index is 2.35. The van der Waals surface area contributed by atoms with Crippen molar-refractivity contribution in [1.29, 1.82) is 0 Å². The van der Waals surface area contributed by atoms with Crippen LogP contribution < -0.4 is 4.72 Å². The lowest BCUT2D eigenvalue weighted by atomic mass is 10.4. The van der Waals surface area contributed by atoms with Crippen LogP contribution in [0.4, 0.5) is 5.69 Å². The molecule has 110 valence electrons. The lowest BCUT2D eigenvalue weighted by Crippen LogP contribution is -2.14. The number of nitrogens with one attached hydrogen (secondary N) is 1. The van der Waals surface area contributed by atoms with E-state index in [0.717, 1.165) is 5.69 Å². The number of hydrogen-bond donors (Lipinski definition) is 1. The Kier molecular flexibility index (Phi) is 3.85. The molecular formula is C12H19N5O2S. The number of nitrogens with zero attached hydrogens (tertiary/aromatic N) is 4. The topological polar surface area (TPSA) is 81.8 Å². The minimum absolute atomic E-state index is 0.197. The summed E-state index contributed by atoms with van der Waals surface area (Å²) in [6.07, 6.45) is 2.90. The summed E-state index contributed by atoms with van der Waals surface area (Å²) in [5.74, 6) is 0. The highest BCUT2D eigenvalue weighted by Crippen LogP contribution is 2.21. The summed E-state index contributed by atoms with van der Waals surface area (Å²) >= 11 is 0. The fraction of sp³-hybridized carbons (Fsp3) is 0.500. The number of hydrogen-bond acceptors (Lipinski definition) is 4. The van der Waals surface area contributed by atoms with E-state index in [1.54, 1.807) is 16.3 Å². The molecule has 0 spiro atoms. The van der Waals surface area contributed by atoms with Crippen LogP contribution in [0.15, 0.2) is 17.3 Å². The van der Waals surface area contributed by atoms with E-state index >= 15 is 0 Å². The van der Waals surface area contributed by atoms with Gasteiger partial charge in [0.25, 0.3) is 10.0 Å². The molecule has 0 radical (unpaired) electrons. The maximum absolute atomic E-state index is 12.4. The number of sulfonamides is 1. The molecule has 0 saturated heterocycles. The van der Waals surface area contributed by atoms with Crippen LogP contribution in [0.1, 0.15) is 25.2 Å². The minimum atomic E-state index is -3.64. The highest BCUT2D eigenvalue weighted by molar-refractivity contribution is 7.92. The van der Waals surface area contributed by atoms with Crippen LogP contribution in [0.25, 0.3) is 0 Å². The quantitative estimate of drug-likeness (QED) is 0.907. The van der Waals surface area contributed by atoms with Gasteiger partial charge >= 0.3 is 0 Å². The largest absolute Gasteiger partial charge is 0.276 e. The normalized spacial score (nSPS) is 11.8. The zero-order chi connectivity index (χ0) is 14.9. The molecule has 2 aromatic heterocycles. The molecule has 0 atom stereocenters. The second-order valence-corrected chi connectivity index (χ2v) is 6.13. The van der Waals surface area contributed by atoms with Gasteiger partial charge < -0.3 is 0 Å². The molecule has 2 heterocycles. The molecule has 7 nitrogen and oxygen atoms in total. The van der Waals surface area contributed by atoms with E-state index in [9.17, 15) is 8.42 Å². The Bertz CT molecular complexity index is 714. The first-order valence-corrected chi connectivity index (χ1v) is 7.96. The Hall–Kier alpha value is -1.83. The van der Waals surface area contributed by atoms with Crippen molar-refractivity contribution in [3.8, 4) is 0 Å². The van der Waals surface area contributed by atoms with E-state index in [1.807, 2.05) is 20.8 Å². The fourth-order valence-corrected chi connectivity index (χ4v) is 3.36. The number of anilines is 1. The monoisotopic (exact) mass is 297 g/mol. The summed E-state index contributed by atoms with van der Waals surface area (Å²) in [6.45, 7) is 8.77. The predicted molar refractivity (Wildman–Crippen MR) is 76.1 cm³/mol. The van der Waals surface area contributed by atoms with E-state index in [4.69, 9.17) is 0 Å². The van der Waals surface area contributed by atoms with E-state index < -0.39 is 10.0 Å². The first-order chi connectivity index (χ1) is 9.40. The highest BCUT2D eigenvalue weighted by Gasteiger charge is 2.22. The van der Waals surface area contributed by atoms with Crippen LogP contribution in [0.3, 0.4) is 0 Å². The van der Waals surface area contributed by atoms with Gasteiger partial charge in [0.15, 0.2) is 0 Å². The van der Waals surface area contributed by atoms with Gasteiger partial charge in [-0.25, -0.2) is 8.42 Å². The smallest absolute Gasteiger partial charge is 0.265 e. The molecule has 2 rings (SSSR count).